The Labute approximate surface area is 298 Å². The lowest BCUT2D eigenvalue weighted by molar-refractivity contribution is 1.18. The number of thiophene rings is 1. The molecule has 0 aliphatic heterocycles. The van der Waals surface area contributed by atoms with Gasteiger partial charge in [-0.1, -0.05) is 121 Å². The number of hydrogen-bond donors (Lipinski definition) is 0. The highest BCUT2D eigenvalue weighted by Crippen LogP contribution is 2.42. The highest BCUT2D eigenvalue weighted by Gasteiger charge is 2.18. The van der Waals surface area contributed by atoms with Gasteiger partial charge in [-0.2, -0.15) is 0 Å². The van der Waals surface area contributed by atoms with E-state index in [1.807, 2.05) is 11.3 Å². The Morgan fingerprint density at radius 3 is 1.53 bits per heavy atom. The van der Waals surface area contributed by atoms with Crippen molar-refractivity contribution in [3.8, 4) is 33.6 Å². The van der Waals surface area contributed by atoms with Gasteiger partial charge in [0.15, 0.2) is 0 Å². The average Bonchev–Trinajstić information content (AvgIpc) is 3.86. The summed E-state index contributed by atoms with van der Waals surface area (Å²) < 4.78 is 7.51. The topological polar surface area (TPSA) is 9.86 Å². The zero-order valence-electron chi connectivity index (χ0n) is 27.6. The standard InChI is InChI=1S/C48H30N2S/c1-2-11-31(12-3-1)32-21-25-35(26-22-32)49-42-17-7-4-13-36(42)40-29-33(23-27-44(40)49)34-24-28-45-41(30-34)37-14-5-8-18-43(37)50(45)46-19-10-16-39-38-15-6-9-20-47(38)51-48(39)46/h1-30H. The molecule has 2 nitrogen and oxygen atoms in total. The third-order valence-corrected chi connectivity index (χ3v) is 11.7. The summed E-state index contributed by atoms with van der Waals surface area (Å²) in [7, 11) is 0. The largest absolute Gasteiger partial charge is 0.309 e. The summed E-state index contributed by atoms with van der Waals surface area (Å²) >= 11 is 1.88. The molecule has 0 spiro atoms. The minimum absolute atomic E-state index is 1.16. The molecule has 0 aliphatic rings. The van der Waals surface area contributed by atoms with E-state index >= 15 is 0 Å². The molecule has 0 aliphatic carbocycles. The first-order valence-electron chi connectivity index (χ1n) is 17.4. The summed E-state index contributed by atoms with van der Waals surface area (Å²) in [5, 5.41) is 7.69. The predicted molar refractivity (Wildman–Crippen MR) is 219 cm³/mol. The molecule has 3 heteroatoms. The Kier molecular flexibility index (Phi) is 6.16. The van der Waals surface area contributed by atoms with Crippen molar-refractivity contribution in [2.75, 3.05) is 0 Å². The van der Waals surface area contributed by atoms with Crippen LogP contribution in [0.1, 0.15) is 0 Å². The van der Waals surface area contributed by atoms with Crippen molar-refractivity contribution in [2.24, 2.45) is 0 Å². The molecule has 3 heterocycles. The first-order chi connectivity index (χ1) is 25.3. The van der Waals surface area contributed by atoms with Crippen molar-refractivity contribution in [2.45, 2.75) is 0 Å². The zero-order valence-corrected chi connectivity index (χ0v) is 28.4. The smallest absolute Gasteiger partial charge is 0.0640 e. The fourth-order valence-corrected chi connectivity index (χ4v) is 9.39. The van der Waals surface area contributed by atoms with Crippen molar-refractivity contribution < 1.29 is 0 Å². The van der Waals surface area contributed by atoms with E-state index in [1.54, 1.807) is 0 Å². The maximum Gasteiger partial charge on any atom is 0.0640 e. The first-order valence-corrected chi connectivity index (χ1v) is 18.3. The lowest BCUT2D eigenvalue weighted by Gasteiger charge is -2.11. The fourth-order valence-electron chi connectivity index (χ4n) is 8.18. The normalized spacial score (nSPS) is 11.9. The van der Waals surface area contributed by atoms with Gasteiger partial charge < -0.3 is 9.13 Å². The van der Waals surface area contributed by atoms with Crippen LogP contribution in [0.15, 0.2) is 182 Å². The quantitative estimate of drug-likeness (QED) is 0.177. The zero-order chi connectivity index (χ0) is 33.5. The van der Waals surface area contributed by atoms with E-state index in [2.05, 4.69) is 191 Å². The van der Waals surface area contributed by atoms with Crippen molar-refractivity contribution in [1.82, 2.24) is 9.13 Å². The summed E-state index contributed by atoms with van der Waals surface area (Å²) in [4.78, 5) is 0. The molecule has 0 amide bonds. The Morgan fingerprint density at radius 1 is 0.314 bits per heavy atom. The highest BCUT2D eigenvalue weighted by atomic mass is 32.1. The van der Waals surface area contributed by atoms with Crippen LogP contribution in [0.5, 0.6) is 0 Å². The third kappa shape index (κ3) is 4.29. The monoisotopic (exact) mass is 666 g/mol. The molecule has 0 radical (unpaired) electrons. The maximum absolute atomic E-state index is 2.46. The van der Waals surface area contributed by atoms with Gasteiger partial charge in [0.05, 0.1) is 32.5 Å². The fraction of sp³-hybridized carbons (Fsp3) is 0. The molecule has 51 heavy (non-hydrogen) atoms. The highest BCUT2D eigenvalue weighted by molar-refractivity contribution is 7.26. The van der Waals surface area contributed by atoms with Crippen LogP contribution in [0.3, 0.4) is 0 Å². The average molecular weight is 667 g/mol. The summed E-state index contributed by atoms with van der Waals surface area (Å²) in [5.74, 6) is 0. The summed E-state index contributed by atoms with van der Waals surface area (Å²) in [6.07, 6.45) is 0. The molecule has 238 valence electrons. The minimum atomic E-state index is 1.16. The molecule has 0 atom stereocenters. The van der Waals surface area contributed by atoms with Gasteiger partial charge in [-0.05, 0) is 82.9 Å². The van der Waals surface area contributed by atoms with E-state index in [4.69, 9.17) is 0 Å². The molecule has 0 unspecified atom stereocenters. The van der Waals surface area contributed by atoms with Gasteiger partial charge in [-0.3, -0.25) is 0 Å². The van der Waals surface area contributed by atoms with E-state index in [0.717, 1.165) is 5.69 Å². The number of nitrogens with zero attached hydrogens (tertiary/aromatic N) is 2. The van der Waals surface area contributed by atoms with Gasteiger partial charge in [-0.15, -0.1) is 11.3 Å². The predicted octanol–water partition coefficient (Wildman–Crippen LogP) is 13.6. The number of hydrogen-bond acceptors (Lipinski definition) is 1. The molecule has 0 saturated carbocycles. The second kappa shape index (κ2) is 11.0. The van der Waals surface area contributed by atoms with E-state index in [1.165, 1.54) is 91.7 Å². The van der Waals surface area contributed by atoms with Crippen LogP contribution in [0.25, 0.3) is 97.4 Å². The van der Waals surface area contributed by atoms with Crippen LogP contribution in [0.2, 0.25) is 0 Å². The summed E-state index contributed by atoms with van der Waals surface area (Å²) in [6.45, 7) is 0. The minimum Gasteiger partial charge on any atom is -0.309 e. The lowest BCUT2D eigenvalue weighted by atomic mass is 10.0. The van der Waals surface area contributed by atoms with E-state index < -0.39 is 0 Å². The molecule has 11 rings (SSSR count). The van der Waals surface area contributed by atoms with Crippen molar-refractivity contribution in [3.63, 3.8) is 0 Å². The third-order valence-electron chi connectivity index (χ3n) is 10.5. The van der Waals surface area contributed by atoms with E-state index in [0.29, 0.717) is 0 Å². The van der Waals surface area contributed by atoms with Crippen LogP contribution in [-0.2, 0) is 0 Å². The SMILES string of the molecule is c1ccc(-c2ccc(-n3c4ccccc4c4cc(-c5ccc6c(c5)c5ccccc5n6-c5cccc6c5sc5ccccc56)ccc43)cc2)cc1. The lowest BCUT2D eigenvalue weighted by Crippen LogP contribution is -1.94. The number of fused-ring (bicyclic) bond motifs is 9. The van der Waals surface area contributed by atoms with Crippen LogP contribution in [-0.4, -0.2) is 9.13 Å². The van der Waals surface area contributed by atoms with Gasteiger partial charge >= 0.3 is 0 Å². The summed E-state index contributed by atoms with van der Waals surface area (Å²) in [6, 6.07) is 66.6. The van der Waals surface area contributed by atoms with E-state index in [9.17, 15) is 0 Å². The van der Waals surface area contributed by atoms with Crippen molar-refractivity contribution >= 4 is 75.1 Å². The molecule has 0 N–H and O–H groups in total. The molecule has 0 bridgehead atoms. The van der Waals surface area contributed by atoms with Crippen molar-refractivity contribution in [1.29, 1.82) is 0 Å². The number of benzene rings is 8. The van der Waals surface area contributed by atoms with Gasteiger partial charge in [0.1, 0.15) is 0 Å². The summed E-state index contributed by atoms with van der Waals surface area (Å²) in [5.41, 5.74) is 12.2. The molecule has 0 saturated heterocycles. The first kappa shape index (κ1) is 28.4. The Morgan fingerprint density at radius 2 is 0.824 bits per heavy atom. The van der Waals surface area contributed by atoms with Gasteiger partial charge in [0.25, 0.3) is 0 Å². The van der Waals surface area contributed by atoms with Crippen LogP contribution in [0, 0.1) is 0 Å². The number of rotatable bonds is 4. The van der Waals surface area contributed by atoms with Gasteiger partial charge in [-0.25, -0.2) is 0 Å². The molecule has 3 aromatic heterocycles. The van der Waals surface area contributed by atoms with E-state index in [-0.39, 0.29) is 0 Å². The van der Waals surface area contributed by atoms with Gasteiger partial charge in [0, 0.05) is 42.7 Å². The molecule has 8 aromatic carbocycles. The van der Waals surface area contributed by atoms with Crippen molar-refractivity contribution in [3.05, 3.63) is 182 Å². The van der Waals surface area contributed by atoms with Crippen LogP contribution in [0.4, 0.5) is 0 Å². The number of aromatic nitrogens is 2. The molecular weight excluding hydrogens is 637 g/mol. The van der Waals surface area contributed by atoms with Crippen LogP contribution >= 0.6 is 11.3 Å². The Balaban J connectivity index is 1.07. The van der Waals surface area contributed by atoms with Crippen LogP contribution < -0.4 is 0 Å². The Hall–Kier alpha value is -6.42. The Bertz CT molecular complexity index is 3120. The number of para-hydroxylation sites is 2. The maximum atomic E-state index is 2.46. The second-order valence-electron chi connectivity index (χ2n) is 13.3. The molecule has 11 aromatic rings. The van der Waals surface area contributed by atoms with Gasteiger partial charge in [0.2, 0.25) is 0 Å². The second-order valence-corrected chi connectivity index (χ2v) is 14.4. The molecular formula is C48H30N2S. The molecule has 0 fully saturated rings.